The van der Waals surface area contributed by atoms with E-state index in [-0.39, 0.29) is 18.0 Å². The van der Waals surface area contributed by atoms with Crippen LogP contribution >= 0.6 is 0 Å². The van der Waals surface area contributed by atoms with Crippen molar-refractivity contribution in [2.45, 2.75) is 35.6 Å². The molecule has 1 N–H and O–H groups in total. The van der Waals surface area contributed by atoms with E-state index >= 15 is 0 Å². The van der Waals surface area contributed by atoms with E-state index < -0.39 is 45.3 Å². The Balaban J connectivity index is 1.38. The summed E-state index contributed by atoms with van der Waals surface area (Å²) in [5, 5.41) is 9.54. The number of halogens is 9. The molecule has 15 heteroatoms. The predicted octanol–water partition coefficient (Wildman–Crippen LogP) is 6.19. The molecular weight excluding hydrogens is 603 g/mol. The maximum absolute atomic E-state index is 13.1. The summed E-state index contributed by atoms with van der Waals surface area (Å²) in [6.45, 7) is 1.30. The number of hydrogen-bond acceptors (Lipinski definition) is 4. The van der Waals surface area contributed by atoms with Crippen LogP contribution in [0.4, 0.5) is 39.5 Å². The summed E-state index contributed by atoms with van der Waals surface area (Å²) in [6, 6.07) is 13.2. The van der Waals surface area contributed by atoms with Crippen molar-refractivity contribution in [2.24, 2.45) is 0 Å². The van der Waals surface area contributed by atoms with Crippen molar-refractivity contribution < 1.29 is 53.0 Å². The summed E-state index contributed by atoms with van der Waals surface area (Å²) in [4.78, 5) is 1.71. The van der Waals surface area contributed by atoms with E-state index in [2.05, 4.69) is 0 Å². The lowest BCUT2D eigenvalue weighted by Gasteiger charge is -2.34. The summed E-state index contributed by atoms with van der Waals surface area (Å²) >= 11 is 0. The Bertz CT molecular complexity index is 1460. The van der Waals surface area contributed by atoms with Crippen molar-refractivity contribution in [3.63, 3.8) is 0 Å². The molecule has 3 aromatic rings. The van der Waals surface area contributed by atoms with Gasteiger partial charge in [-0.15, -0.1) is 0 Å². The summed E-state index contributed by atoms with van der Waals surface area (Å²) in [5.41, 5.74) is -5.70. The highest BCUT2D eigenvalue weighted by Crippen LogP contribution is 2.50. The lowest BCUT2D eigenvalue weighted by atomic mass is 9.90. The molecule has 0 spiro atoms. The van der Waals surface area contributed by atoms with Crippen molar-refractivity contribution >= 4 is 10.0 Å². The van der Waals surface area contributed by atoms with Gasteiger partial charge in [-0.3, -0.25) is 4.90 Å². The van der Waals surface area contributed by atoms with Crippen LogP contribution in [0.25, 0.3) is 11.1 Å². The van der Waals surface area contributed by atoms with Gasteiger partial charge in [0.05, 0.1) is 10.5 Å². The van der Waals surface area contributed by atoms with Crippen LogP contribution in [0.5, 0.6) is 0 Å². The molecule has 1 heterocycles. The second-order valence-corrected chi connectivity index (χ2v) is 11.6. The molecule has 0 saturated carbocycles. The first kappa shape index (κ1) is 31.8. The zero-order chi connectivity index (χ0) is 31.1. The third-order valence-corrected chi connectivity index (χ3v) is 8.88. The topological polar surface area (TPSA) is 60.9 Å². The molecule has 0 atom stereocenters. The molecule has 1 fully saturated rings. The molecule has 5 nitrogen and oxygen atoms in total. The fourth-order valence-corrected chi connectivity index (χ4v) is 5.97. The van der Waals surface area contributed by atoms with Gasteiger partial charge in [0, 0.05) is 38.3 Å². The highest BCUT2D eigenvalue weighted by atomic mass is 32.2. The molecule has 228 valence electrons. The van der Waals surface area contributed by atoms with Crippen molar-refractivity contribution in [3.05, 3.63) is 89.5 Å². The van der Waals surface area contributed by atoms with E-state index in [9.17, 15) is 53.0 Å². The first-order valence-electron chi connectivity index (χ1n) is 12.3. The minimum Gasteiger partial charge on any atom is -0.369 e. The highest BCUT2D eigenvalue weighted by Gasteiger charge is 2.71. The lowest BCUT2D eigenvalue weighted by Crippen LogP contribution is -2.53. The standard InChI is InChI=1S/C27H23F9N2O3S/c28-25(29,30)22-9-11-23(12-10-22)42(40,41)38-15-13-37(14-16-38)17-18-1-3-19(4-2-18)20-5-7-21(8-6-20)24(39,26(31,32)33)27(34,35)36/h1-12,39H,13-17H2. The van der Waals surface area contributed by atoms with Crippen molar-refractivity contribution in [2.75, 3.05) is 26.2 Å². The monoisotopic (exact) mass is 626 g/mol. The maximum Gasteiger partial charge on any atom is 0.430 e. The van der Waals surface area contributed by atoms with Gasteiger partial charge >= 0.3 is 18.5 Å². The summed E-state index contributed by atoms with van der Waals surface area (Å²) < 4.78 is 144. The normalized spacial score (nSPS) is 16.5. The highest BCUT2D eigenvalue weighted by molar-refractivity contribution is 7.89. The Morgan fingerprint density at radius 2 is 1.05 bits per heavy atom. The van der Waals surface area contributed by atoms with Gasteiger partial charge in [0.15, 0.2) is 0 Å². The molecule has 4 rings (SSSR count). The van der Waals surface area contributed by atoms with Crippen molar-refractivity contribution in [3.8, 4) is 11.1 Å². The molecule has 0 amide bonds. The minimum atomic E-state index is -5.98. The summed E-state index contributed by atoms with van der Waals surface area (Å²) in [6.07, 6.45) is -16.5. The molecule has 0 radical (unpaired) electrons. The number of rotatable bonds is 6. The molecule has 0 aliphatic carbocycles. The first-order valence-corrected chi connectivity index (χ1v) is 13.7. The number of benzene rings is 3. The van der Waals surface area contributed by atoms with E-state index in [0.717, 1.165) is 29.8 Å². The fourth-order valence-electron chi connectivity index (χ4n) is 4.55. The van der Waals surface area contributed by atoms with Crippen LogP contribution in [0.3, 0.4) is 0 Å². The number of nitrogens with zero attached hydrogens (tertiary/aromatic N) is 2. The quantitative estimate of drug-likeness (QED) is 0.332. The molecule has 1 saturated heterocycles. The first-order chi connectivity index (χ1) is 19.3. The largest absolute Gasteiger partial charge is 0.430 e. The van der Waals surface area contributed by atoms with Crippen LogP contribution in [0, 0.1) is 0 Å². The van der Waals surface area contributed by atoms with Gasteiger partial charge in [-0.05, 0) is 41.0 Å². The van der Waals surface area contributed by atoms with E-state index in [1.807, 2.05) is 4.90 Å². The van der Waals surface area contributed by atoms with Crippen LogP contribution in [0.2, 0.25) is 0 Å². The van der Waals surface area contributed by atoms with Crippen LogP contribution in [-0.2, 0) is 28.3 Å². The van der Waals surface area contributed by atoms with E-state index in [0.29, 0.717) is 55.0 Å². The zero-order valence-corrected chi connectivity index (χ0v) is 22.2. The SMILES string of the molecule is O=S(=O)(c1ccc(C(F)(F)F)cc1)N1CCN(Cc2ccc(-c3ccc(C(O)(C(F)(F)F)C(F)(F)F)cc3)cc2)CC1. The Kier molecular flexibility index (Phi) is 8.45. The second kappa shape index (κ2) is 11.2. The average molecular weight is 627 g/mol. The Hall–Kier alpha value is -3.14. The summed E-state index contributed by atoms with van der Waals surface area (Å²) in [5.74, 6) is 0. The number of sulfonamides is 1. The molecule has 3 aromatic carbocycles. The van der Waals surface area contributed by atoms with Crippen LogP contribution < -0.4 is 0 Å². The average Bonchev–Trinajstić information content (AvgIpc) is 2.92. The third-order valence-electron chi connectivity index (χ3n) is 6.97. The molecule has 0 aromatic heterocycles. The van der Waals surface area contributed by atoms with Crippen molar-refractivity contribution in [1.29, 1.82) is 0 Å². The van der Waals surface area contributed by atoms with Crippen molar-refractivity contribution in [1.82, 2.24) is 9.21 Å². The smallest absolute Gasteiger partial charge is 0.369 e. The van der Waals surface area contributed by atoms with Crippen LogP contribution in [-0.4, -0.2) is 61.3 Å². The van der Waals surface area contributed by atoms with Gasteiger partial charge in [0.2, 0.25) is 10.0 Å². The fraction of sp³-hybridized carbons (Fsp3) is 0.333. The molecule has 1 aliphatic rings. The second-order valence-electron chi connectivity index (χ2n) is 9.68. The van der Waals surface area contributed by atoms with Crippen LogP contribution in [0.1, 0.15) is 16.7 Å². The molecular formula is C27H23F9N2O3S. The maximum atomic E-state index is 13.1. The predicted molar refractivity (Wildman–Crippen MR) is 133 cm³/mol. The van der Waals surface area contributed by atoms with E-state index in [1.54, 1.807) is 24.3 Å². The zero-order valence-electron chi connectivity index (χ0n) is 21.4. The summed E-state index contributed by atoms with van der Waals surface area (Å²) in [7, 11) is -3.99. The molecule has 1 aliphatic heterocycles. The Morgan fingerprint density at radius 3 is 1.48 bits per heavy atom. The van der Waals surface area contributed by atoms with Gasteiger partial charge in [0.25, 0.3) is 5.60 Å². The van der Waals surface area contributed by atoms with Gasteiger partial charge < -0.3 is 5.11 Å². The van der Waals surface area contributed by atoms with E-state index in [4.69, 9.17) is 0 Å². The number of aliphatic hydroxyl groups is 1. The molecule has 42 heavy (non-hydrogen) atoms. The number of hydrogen-bond donors (Lipinski definition) is 1. The van der Waals surface area contributed by atoms with Gasteiger partial charge in [-0.25, -0.2) is 8.42 Å². The molecule has 0 bridgehead atoms. The van der Waals surface area contributed by atoms with Crippen LogP contribution in [0.15, 0.2) is 77.7 Å². The minimum absolute atomic E-state index is 0.107. The van der Waals surface area contributed by atoms with E-state index in [1.165, 1.54) is 4.31 Å². The number of piperazine rings is 1. The van der Waals surface area contributed by atoms with Gasteiger partial charge in [-0.2, -0.15) is 43.8 Å². The van der Waals surface area contributed by atoms with Gasteiger partial charge in [-0.1, -0.05) is 48.5 Å². The van der Waals surface area contributed by atoms with Gasteiger partial charge in [0.1, 0.15) is 0 Å². The Labute approximate surface area is 234 Å². The third kappa shape index (κ3) is 6.28. The number of alkyl halides is 9. The lowest BCUT2D eigenvalue weighted by molar-refractivity contribution is -0.376. The Morgan fingerprint density at radius 1 is 0.619 bits per heavy atom. The molecule has 0 unspecified atom stereocenters.